The van der Waals surface area contributed by atoms with Gasteiger partial charge in [-0.3, -0.25) is 4.79 Å². The van der Waals surface area contributed by atoms with E-state index in [1.165, 1.54) is 12.1 Å². The summed E-state index contributed by atoms with van der Waals surface area (Å²) in [6.07, 6.45) is 1.85. The lowest BCUT2D eigenvalue weighted by atomic mass is 10.2. The molecule has 0 bridgehead atoms. The number of rotatable bonds is 5. The number of pyridine rings is 1. The van der Waals surface area contributed by atoms with Crippen molar-refractivity contribution in [1.29, 1.82) is 0 Å². The highest BCUT2D eigenvalue weighted by Gasteiger charge is 2.15. The Labute approximate surface area is 166 Å². The first kappa shape index (κ1) is 18.7. The van der Waals surface area contributed by atoms with E-state index in [9.17, 15) is 9.18 Å². The van der Waals surface area contributed by atoms with Gasteiger partial charge in [-0.1, -0.05) is 17.7 Å². The van der Waals surface area contributed by atoms with Crippen LogP contribution in [0.15, 0.2) is 42.6 Å². The number of morpholine rings is 1. The summed E-state index contributed by atoms with van der Waals surface area (Å²) in [4.78, 5) is 19.3. The first-order valence-electron chi connectivity index (χ1n) is 9.09. The van der Waals surface area contributed by atoms with Crippen LogP contribution in [0, 0.1) is 5.82 Å². The fourth-order valence-electron chi connectivity index (χ4n) is 3.22. The van der Waals surface area contributed by atoms with Crippen molar-refractivity contribution >= 4 is 34.4 Å². The van der Waals surface area contributed by atoms with E-state index in [1.54, 1.807) is 6.07 Å². The SMILES string of the molecule is O=C(Cn1ccc2ccc(N3CCOCC3)nc21)NCc1ccc(F)cc1Cl. The highest BCUT2D eigenvalue weighted by molar-refractivity contribution is 6.31. The minimum absolute atomic E-state index is 0.141. The Kier molecular flexibility index (Phi) is 5.45. The second kappa shape index (κ2) is 8.16. The fourth-order valence-corrected chi connectivity index (χ4v) is 3.45. The highest BCUT2D eigenvalue weighted by Crippen LogP contribution is 2.20. The average Bonchev–Trinajstić information content (AvgIpc) is 3.10. The van der Waals surface area contributed by atoms with Crippen LogP contribution in [-0.4, -0.2) is 41.8 Å². The molecular formula is C20H20ClFN4O2. The maximum absolute atomic E-state index is 13.1. The largest absolute Gasteiger partial charge is 0.378 e. The third-order valence-electron chi connectivity index (χ3n) is 4.74. The molecule has 1 N–H and O–H groups in total. The molecule has 1 amide bonds. The van der Waals surface area contributed by atoms with E-state index in [0.717, 1.165) is 29.9 Å². The molecule has 6 nitrogen and oxygen atoms in total. The number of hydrogen-bond donors (Lipinski definition) is 1. The Morgan fingerprint density at radius 1 is 1.21 bits per heavy atom. The summed E-state index contributed by atoms with van der Waals surface area (Å²) >= 11 is 6.01. The van der Waals surface area contributed by atoms with E-state index in [0.29, 0.717) is 23.8 Å². The summed E-state index contributed by atoms with van der Waals surface area (Å²) in [7, 11) is 0. The summed E-state index contributed by atoms with van der Waals surface area (Å²) in [5.41, 5.74) is 1.43. The van der Waals surface area contributed by atoms with Crippen LogP contribution in [0.1, 0.15) is 5.56 Å². The van der Waals surface area contributed by atoms with E-state index >= 15 is 0 Å². The molecule has 0 atom stereocenters. The van der Waals surface area contributed by atoms with Crippen molar-refractivity contribution in [3.05, 3.63) is 59.0 Å². The van der Waals surface area contributed by atoms with Crippen LogP contribution >= 0.6 is 11.6 Å². The summed E-state index contributed by atoms with van der Waals surface area (Å²) in [5, 5.41) is 4.09. The molecule has 146 valence electrons. The van der Waals surface area contributed by atoms with Gasteiger partial charge in [0.05, 0.1) is 13.2 Å². The highest BCUT2D eigenvalue weighted by atomic mass is 35.5. The van der Waals surface area contributed by atoms with Crippen LogP contribution in [0.5, 0.6) is 0 Å². The Hall–Kier alpha value is -2.64. The van der Waals surface area contributed by atoms with Gasteiger partial charge < -0.3 is 19.5 Å². The molecule has 1 saturated heterocycles. The van der Waals surface area contributed by atoms with Gasteiger partial charge in [0.25, 0.3) is 0 Å². The van der Waals surface area contributed by atoms with Gasteiger partial charge >= 0.3 is 0 Å². The lowest BCUT2D eigenvalue weighted by Gasteiger charge is -2.27. The summed E-state index contributed by atoms with van der Waals surface area (Å²) in [5.74, 6) is 0.312. The molecule has 0 radical (unpaired) electrons. The van der Waals surface area contributed by atoms with Crippen molar-refractivity contribution in [3.8, 4) is 0 Å². The van der Waals surface area contributed by atoms with E-state index in [1.807, 2.05) is 29.0 Å². The molecular weight excluding hydrogens is 383 g/mol. The number of aromatic nitrogens is 2. The number of benzene rings is 1. The van der Waals surface area contributed by atoms with Crippen molar-refractivity contribution < 1.29 is 13.9 Å². The van der Waals surface area contributed by atoms with E-state index in [4.69, 9.17) is 21.3 Å². The fraction of sp³-hybridized carbons (Fsp3) is 0.300. The normalized spacial score (nSPS) is 14.4. The number of carbonyl (C=O) groups excluding carboxylic acids is 1. The van der Waals surface area contributed by atoms with Crippen LogP contribution in [0.3, 0.4) is 0 Å². The van der Waals surface area contributed by atoms with E-state index in [-0.39, 0.29) is 19.0 Å². The first-order valence-corrected chi connectivity index (χ1v) is 9.47. The van der Waals surface area contributed by atoms with Gasteiger partial charge in [-0.15, -0.1) is 0 Å². The van der Waals surface area contributed by atoms with Gasteiger partial charge in [-0.05, 0) is 35.9 Å². The average molecular weight is 403 g/mol. The molecule has 0 unspecified atom stereocenters. The number of anilines is 1. The molecule has 2 aromatic heterocycles. The molecule has 0 saturated carbocycles. The van der Waals surface area contributed by atoms with Crippen LogP contribution in [0.2, 0.25) is 5.02 Å². The minimum Gasteiger partial charge on any atom is -0.378 e. The van der Waals surface area contributed by atoms with E-state index < -0.39 is 5.82 Å². The molecule has 1 aliphatic rings. The van der Waals surface area contributed by atoms with E-state index in [2.05, 4.69) is 10.2 Å². The summed E-state index contributed by atoms with van der Waals surface area (Å²) < 4.78 is 20.3. The van der Waals surface area contributed by atoms with Crippen molar-refractivity contribution in [2.45, 2.75) is 13.1 Å². The molecule has 4 rings (SSSR count). The quantitative estimate of drug-likeness (QED) is 0.712. The second-order valence-corrected chi connectivity index (χ2v) is 7.05. The van der Waals surface area contributed by atoms with Gasteiger partial charge in [0.2, 0.25) is 5.91 Å². The lowest BCUT2D eigenvalue weighted by molar-refractivity contribution is -0.121. The van der Waals surface area contributed by atoms with Crippen molar-refractivity contribution in [3.63, 3.8) is 0 Å². The zero-order valence-electron chi connectivity index (χ0n) is 15.2. The molecule has 1 aromatic carbocycles. The minimum atomic E-state index is -0.402. The smallest absolute Gasteiger partial charge is 0.240 e. The Morgan fingerprint density at radius 2 is 2.04 bits per heavy atom. The van der Waals surface area contributed by atoms with Crippen LogP contribution in [-0.2, 0) is 22.6 Å². The molecule has 8 heteroatoms. The number of hydrogen-bond acceptors (Lipinski definition) is 4. The molecule has 0 spiro atoms. The number of fused-ring (bicyclic) bond motifs is 1. The third-order valence-corrected chi connectivity index (χ3v) is 5.09. The zero-order valence-corrected chi connectivity index (χ0v) is 16.0. The number of nitrogens with zero attached hydrogens (tertiary/aromatic N) is 3. The third kappa shape index (κ3) is 4.10. The number of amides is 1. The number of carbonyl (C=O) groups is 1. The Balaban J connectivity index is 1.45. The maximum atomic E-state index is 13.1. The monoisotopic (exact) mass is 402 g/mol. The van der Waals surface area contributed by atoms with Gasteiger partial charge in [0, 0.05) is 36.2 Å². The molecule has 3 aromatic rings. The first-order chi connectivity index (χ1) is 13.6. The van der Waals surface area contributed by atoms with Crippen molar-refractivity contribution in [2.24, 2.45) is 0 Å². The number of nitrogens with one attached hydrogen (secondary N) is 1. The van der Waals surface area contributed by atoms with Gasteiger partial charge in [0.15, 0.2) is 0 Å². The maximum Gasteiger partial charge on any atom is 0.240 e. The summed E-state index contributed by atoms with van der Waals surface area (Å²) in [6.45, 7) is 3.37. The Bertz CT molecular complexity index is 1000. The van der Waals surface area contributed by atoms with Crippen molar-refractivity contribution in [2.75, 3.05) is 31.2 Å². The van der Waals surface area contributed by atoms with Crippen LogP contribution in [0.4, 0.5) is 10.2 Å². The predicted octanol–water partition coefficient (Wildman–Crippen LogP) is 2.98. The molecule has 0 aliphatic carbocycles. The van der Waals surface area contributed by atoms with Crippen molar-refractivity contribution in [1.82, 2.24) is 14.9 Å². The summed E-state index contributed by atoms with van der Waals surface area (Å²) in [6, 6.07) is 10.1. The van der Waals surface area contributed by atoms with Gasteiger partial charge in [-0.25, -0.2) is 9.37 Å². The van der Waals surface area contributed by atoms with Crippen LogP contribution in [0.25, 0.3) is 11.0 Å². The van der Waals surface area contributed by atoms with Gasteiger partial charge in [0.1, 0.15) is 23.8 Å². The molecule has 1 fully saturated rings. The predicted molar refractivity (Wildman–Crippen MR) is 106 cm³/mol. The van der Waals surface area contributed by atoms with Crippen LogP contribution < -0.4 is 10.2 Å². The standard InChI is InChI=1S/C20H20ClFN4O2/c21-17-11-16(22)3-1-15(17)12-23-19(27)13-26-6-5-14-2-4-18(24-20(14)26)25-7-9-28-10-8-25/h1-6,11H,7-10,12-13H2,(H,23,27). The number of ether oxygens (including phenoxy) is 1. The second-order valence-electron chi connectivity index (χ2n) is 6.64. The molecule has 3 heterocycles. The molecule has 28 heavy (non-hydrogen) atoms. The molecule has 1 aliphatic heterocycles. The number of halogens is 2. The Morgan fingerprint density at radius 3 is 2.82 bits per heavy atom. The zero-order chi connectivity index (χ0) is 19.5. The topological polar surface area (TPSA) is 59.4 Å². The van der Waals surface area contributed by atoms with Gasteiger partial charge in [-0.2, -0.15) is 0 Å². The lowest BCUT2D eigenvalue weighted by Crippen LogP contribution is -2.36.